The summed E-state index contributed by atoms with van der Waals surface area (Å²) in [6.07, 6.45) is 6.30. The minimum atomic E-state index is -0.615. The fourth-order valence-electron chi connectivity index (χ4n) is 2.82. The van der Waals surface area contributed by atoms with Gasteiger partial charge in [-0.1, -0.05) is 39.2 Å². The van der Waals surface area contributed by atoms with E-state index in [0.29, 0.717) is 17.8 Å². The van der Waals surface area contributed by atoms with Crippen molar-refractivity contribution >= 4 is 16.7 Å². The molecule has 1 unspecified atom stereocenters. The van der Waals surface area contributed by atoms with Gasteiger partial charge in [0, 0.05) is 23.7 Å². The number of hydrogen-bond donors (Lipinski definition) is 2. The molecule has 124 valence electrons. The SMILES string of the molecule is CCCCC(CC)Cn1ccc2ccc(C(=O)NO)cc2c1=O. The number of rotatable bonds is 7. The maximum absolute atomic E-state index is 12.7. The third kappa shape index (κ3) is 3.99. The Hall–Kier alpha value is -2.14. The zero-order chi connectivity index (χ0) is 16.8. The van der Waals surface area contributed by atoms with E-state index in [2.05, 4.69) is 13.8 Å². The van der Waals surface area contributed by atoms with E-state index in [1.54, 1.807) is 22.2 Å². The number of aromatic nitrogens is 1. The van der Waals surface area contributed by atoms with Crippen LogP contribution in [0.25, 0.3) is 10.8 Å². The molecule has 1 amide bonds. The van der Waals surface area contributed by atoms with Gasteiger partial charge in [-0.3, -0.25) is 14.8 Å². The van der Waals surface area contributed by atoms with Crippen LogP contribution in [0.3, 0.4) is 0 Å². The lowest BCUT2D eigenvalue weighted by Gasteiger charge is -2.16. The summed E-state index contributed by atoms with van der Waals surface area (Å²) in [6.45, 7) is 5.01. The van der Waals surface area contributed by atoms with Crippen molar-refractivity contribution in [2.75, 3.05) is 0 Å². The molecule has 0 spiro atoms. The summed E-state index contributed by atoms with van der Waals surface area (Å²) in [4.78, 5) is 24.2. The predicted molar refractivity (Wildman–Crippen MR) is 90.8 cm³/mol. The predicted octanol–water partition coefficient (Wildman–Crippen LogP) is 3.34. The first-order valence-electron chi connectivity index (χ1n) is 8.18. The lowest BCUT2D eigenvalue weighted by Crippen LogP contribution is -2.24. The van der Waals surface area contributed by atoms with Gasteiger partial charge in [0.2, 0.25) is 0 Å². The van der Waals surface area contributed by atoms with Crippen molar-refractivity contribution in [3.63, 3.8) is 0 Å². The maximum Gasteiger partial charge on any atom is 0.274 e. The number of nitrogens with one attached hydrogen (secondary N) is 1. The zero-order valence-electron chi connectivity index (χ0n) is 13.7. The molecule has 5 heteroatoms. The molecule has 0 aliphatic heterocycles. The highest BCUT2D eigenvalue weighted by Gasteiger charge is 2.11. The number of amides is 1. The summed E-state index contributed by atoms with van der Waals surface area (Å²) in [5.41, 5.74) is 1.78. The summed E-state index contributed by atoms with van der Waals surface area (Å²) in [5.74, 6) is -0.134. The van der Waals surface area contributed by atoms with E-state index in [-0.39, 0.29) is 11.1 Å². The molecule has 2 N–H and O–H groups in total. The van der Waals surface area contributed by atoms with Crippen molar-refractivity contribution in [2.45, 2.75) is 46.1 Å². The van der Waals surface area contributed by atoms with Crippen molar-refractivity contribution in [2.24, 2.45) is 5.92 Å². The van der Waals surface area contributed by atoms with Gasteiger partial charge < -0.3 is 4.57 Å². The van der Waals surface area contributed by atoms with Crippen LogP contribution in [0.1, 0.15) is 49.9 Å². The Labute approximate surface area is 135 Å². The molecule has 0 saturated carbocycles. The number of hydroxylamine groups is 1. The Morgan fingerprint density at radius 1 is 1.30 bits per heavy atom. The van der Waals surface area contributed by atoms with Crippen LogP contribution >= 0.6 is 0 Å². The van der Waals surface area contributed by atoms with E-state index in [1.165, 1.54) is 12.5 Å². The summed E-state index contributed by atoms with van der Waals surface area (Å²) >= 11 is 0. The Balaban J connectivity index is 2.36. The number of pyridine rings is 1. The van der Waals surface area contributed by atoms with Crippen LogP contribution in [0, 0.1) is 5.92 Å². The van der Waals surface area contributed by atoms with Crippen LogP contribution in [0.15, 0.2) is 35.3 Å². The van der Waals surface area contributed by atoms with Crippen molar-refractivity contribution in [1.29, 1.82) is 0 Å². The van der Waals surface area contributed by atoms with Gasteiger partial charge in [-0.25, -0.2) is 5.48 Å². The first-order valence-corrected chi connectivity index (χ1v) is 8.18. The number of benzene rings is 1. The fraction of sp³-hybridized carbons (Fsp3) is 0.444. The average Bonchev–Trinajstić information content (AvgIpc) is 2.59. The van der Waals surface area contributed by atoms with E-state index < -0.39 is 5.91 Å². The van der Waals surface area contributed by atoms with Gasteiger partial charge >= 0.3 is 0 Å². The van der Waals surface area contributed by atoms with Gasteiger partial charge in [0.05, 0.1) is 0 Å². The highest BCUT2D eigenvalue weighted by atomic mass is 16.5. The van der Waals surface area contributed by atoms with Gasteiger partial charge in [-0.15, -0.1) is 0 Å². The molecule has 1 aromatic carbocycles. The van der Waals surface area contributed by atoms with Crippen molar-refractivity contribution in [3.05, 3.63) is 46.4 Å². The number of carbonyl (C=O) groups excluding carboxylic acids is 1. The Morgan fingerprint density at radius 3 is 2.74 bits per heavy atom. The second kappa shape index (κ2) is 7.92. The monoisotopic (exact) mass is 316 g/mol. The average molecular weight is 316 g/mol. The van der Waals surface area contributed by atoms with E-state index >= 15 is 0 Å². The molecule has 0 saturated heterocycles. The van der Waals surface area contributed by atoms with Crippen molar-refractivity contribution < 1.29 is 10.0 Å². The summed E-state index contributed by atoms with van der Waals surface area (Å²) < 4.78 is 1.73. The molecule has 0 fully saturated rings. The number of hydrogen-bond acceptors (Lipinski definition) is 3. The van der Waals surface area contributed by atoms with Crippen molar-refractivity contribution in [3.8, 4) is 0 Å². The van der Waals surface area contributed by atoms with Gasteiger partial charge in [0.1, 0.15) is 0 Å². The summed E-state index contributed by atoms with van der Waals surface area (Å²) in [7, 11) is 0. The second-order valence-corrected chi connectivity index (χ2v) is 5.93. The van der Waals surface area contributed by atoms with Crippen molar-refractivity contribution in [1.82, 2.24) is 10.0 Å². The van der Waals surface area contributed by atoms with Crippen LogP contribution in [0.2, 0.25) is 0 Å². The molecule has 0 bridgehead atoms. The standard InChI is InChI=1S/C18H24N2O3/c1-3-5-6-13(4-2)12-20-10-9-14-7-8-15(17(21)19-23)11-16(14)18(20)22/h7-11,13,23H,3-6,12H2,1-2H3,(H,19,21). The van der Waals surface area contributed by atoms with E-state index in [9.17, 15) is 9.59 Å². The van der Waals surface area contributed by atoms with Gasteiger partial charge in [0.15, 0.2) is 0 Å². The van der Waals surface area contributed by atoms with E-state index in [1.807, 2.05) is 12.3 Å². The first kappa shape index (κ1) is 17.2. The van der Waals surface area contributed by atoms with Gasteiger partial charge in [-0.2, -0.15) is 0 Å². The molecule has 2 aromatic rings. The minimum Gasteiger partial charge on any atom is -0.315 e. The molecule has 0 aliphatic carbocycles. The normalized spacial score (nSPS) is 12.3. The number of fused-ring (bicyclic) bond motifs is 1. The highest BCUT2D eigenvalue weighted by molar-refractivity contribution is 5.97. The van der Waals surface area contributed by atoms with Gasteiger partial charge in [0.25, 0.3) is 11.5 Å². The minimum absolute atomic E-state index is 0.0926. The Kier molecular flexibility index (Phi) is 5.93. The van der Waals surface area contributed by atoms with Crippen LogP contribution in [0.5, 0.6) is 0 Å². The topological polar surface area (TPSA) is 71.3 Å². The number of nitrogens with zero attached hydrogens (tertiary/aromatic N) is 1. The molecule has 0 radical (unpaired) electrons. The molecule has 2 rings (SSSR count). The molecular weight excluding hydrogens is 292 g/mol. The second-order valence-electron chi connectivity index (χ2n) is 5.93. The van der Waals surface area contributed by atoms with E-state index in [4.69, 9.17) is 5.21 Å². The van der Waals surface area contributed by atoms with Crippen LogP contribution in [-0.2, 0) is 6.54 Å². The molecule has 1 heterocycles. The quantitative estimate of drug-likeness (QED) is 0.608. The summed E-state index contributed by atoms with van der Waals surface area (Å²) in [5, 5.41) is 10.0. The first-order chi connectivity index (χ1) is 11.1. The molecular formula is C18H24N2O3. The van der Waals surface area contributed by atoms with E-state index in [0.717, 1.165) is 24.6 Å². The largest absolute Gasteiger partial charge is 0.315 e. The van der Waals surface area contributed by atoms with Crippen LogP contribution in [0.4, 0.5) is 0 Å². The molecule has 0 aliphatic rings. The summed E-state index contributed by atoms with van der Waals surface area (Å²) in [6, 6.07) is 6.74. The zero-order valence-corrected chi connectivity index (χ0v) is 13.7. The number of unbranched alkanes of at least 4 members (excludes halogenated alkanes) is 1. The Morgan fingerprint density at radius 2 is 2.09 bits per heavy atom. The highest BCUT2D eigenvalue weighted by Crippen LogP contribution is 2.16. The Bertz CT molecular complexity index is 737. The third-order valence-electron chi connectivity index (χ3n) is 4.34. The fourth-order valence-corrected chi connectivity index (χ4v) is 2.82. The lowest BCUT2D eigenvalue weighted by atomic mass is 9.99. The molecule has 1 aromatic heterocycles. The molecule has 5 nitrogen and oxygen atoms in total. The third-order valence-corrected chi connectivity index (χ3v) is 4.34. The molecule has 1 atom stereocenters. The lowest BCUT2D eigenvalue weighted by molar-refractivity contribution is 0.0706. The number of carbonyl (C=O) groups is 1. The van der Waals surface area contributed by atoms with Crippen LogP contribution in [-0.4, -0.2) is 15.7 Å². The van der Waals surface area contributed by atoms with Gasteiger partial charge in [-0.05, 0) is 35.9 Å². The van der Waals surface area contributed by atoms with Crippen LogP contribution < -0.4 is 11.0 Å². The maximum atomic E-state index is 12.7. The smallest absolute Gasteiger partial charge is 0.274 e. The molecule has 23 heavy (non-hydrogen) atoms.